The Balaban J connectivity index is 0.000000223. The Labute approximate surface area is 814 Å². The van der Waals surface area contributed by atoms with E-state index in [1.54, 1.807) is 13.8 Å². The molecule has 0 spiro atoms. The summed E-state index contributed by atoms with van der Waals surface area (Å²) in [5.41, 5.74) is -17.7. The second kappa shape index (κ2) is 39.9. The molecule has 20 heteroatoms. The second-order valence-electron chi connectivity index (χ2n) is 29.4. The van der Waals surface area contributed by atoms with Gasteiger partial charge in [0.15, 0.2) is 57.5 Å². The molecule has 10 aliphatic heterocycles. The maximum Gasteiger partial charge on any atom is 0.161 e. The van der Waals surface area contributed by atoms with Crippen LogP contribution in [0.2, 0.25) is 0 Å². The van der Waals surface area contributed by atoms with Gasteiger partial charge in [-0.25, -0.2) is 0 Å². The van der Waals surface area contributed by atoms with Crippen molar-refractivity contribution in [3.05, 3.63) is 116 Å². The number of hydrogen-bond acceptors (Lipinski definition) is 20. The maximum atomic E-state index is 11.3. The van der Waals surface area contributed by atoms with Crippen LogP contribution < -0.4 is 47.4 Å². The highest BCUT2D eigenvalue weighted by atomic mass is 16.5. The quantitative estimate of drug-likeness (QED) is 0.0586. The summed E-state index contributed by atoms with van der Waals surface area (Å²) in [5.74, 6) is -16.1. The van der Waals surface area contributed by atoms with Gasteiger partial charge in [-0.1, -0.05) is 89.6 Å². The van der Waals surface area contributed by atoms with Crippen LogP contribution in [0.4, 0.5) is 0 Å². The molecule has 0 amide bonds. The van der Waals surface area contributed by atoms with E-state index < -0.39 is 472 Å². The van der Waals surface area contributed by atoms with E-state index in [-0.39, 0.29) is 50.9 Å². The van der Waals surface area contributed by atoms with Crippen LogP contribution >= 0.6 is 0 Å². The number of hydrogen-bond donors (Lipinski definition) is 5. The van der Waals surface area contributed by atoms with Crippen molar-refractivity contribution >= 4 is 0 Å². The number of aliphatic hydroxyl groups excluding tert-OH is 5. The molecule has 10 aliphatic rings. The second-order valence-corrected chi connectivity index (χ2v) is 29.4. The van der Waals surface area contributed by atoms with Crippen molar-refractivity contribution in [2.45, 2.75) is 246 Å². The van der Waals surface area contributed by atoms with Crippen molar-refractivity contribution in [2.24, 2.45) is 57.7 Å². The summed E-state index contributed by atoms with van der Waals surface area (Å²) < 4.78 is 684. The van der Waals surface area contributed by atoms with Crippen molar-refractivity contribution in [1.29, 1.82) is 0 Å². The Morgan fingerprint density at radius 1 is 0.339 bits per heavy atom. The van der Waals surface area contributed by atoms with Gasteiger partial charge in [0.05, 0.1) is 130 Å². The first-order valence-corrected chi connectivity index (χ1v) is 37.1. The van der Waals surface area contributed by atoms with E-state index in [0.717, 1.165) is 42.7 Å². The van der Waals surface area contributed by atoms with Gasteiger partial charge in [0.1, 0.15) is 0 Å². The van der Waals surface area contributed by atoms with E-state index in [1.165, 1.54) is 14.2 Å². The van der Waals surface area contributed by atoms with Crippen molar-refractivity contribution < 1.29 is 176 Å². The van der Waals surface area contributed by atoms with Crippen LogP contribution in [-0.4, -0.2) is 216 Å². The lowest BCUT2D eigenvalue weighted by molar-refractivity contribution is -0.0259. The molecule has 0 bridgehead atoms. The Kier molecular flexibility index (Phi) is 12.0. The van der Waals surface area contributed by atoms with Crippen LogP contribution in [-0.2, 0) is 31.9 Å². The Hall–Kier alpha value is -6.30. The van der Waals surface area contributed by atoms with Crippen LogP contribution in [0.1, 0.15) is 342 Å². The van der Waals surface area contributed by atoms with E-state index in [0.29, 0.717) is 30.6 Å². The SMILES string of the molecule is [2H]c1c(OC([2H])([2H])[2H])c(OC)c([2H])c2c1C1([2H])CC(O)C(C([2H])([2H])C(C)(C([2H])([2H])[2H])C([2H])([2H])[2H])C([2H])([2H])N1C([2H])([2H])C2([2H])[2H].[2H]c1c(OC([2H])([2H])[2H])c(OC)c([2H])c2c1C1([2H])CC(O)C(CC(C)C)C([2H])([2H])N1C([2H])([2H])C2([2H])[2H].[2H]c1c(OC)c(OC)c([2H])c2c1C1([2H])CC(O)C(C([2H])([2H])C(C)(C([2H])([2H])[2H])C([2H])([2H])[2H])C([2H])([2H])N1C([2H])([2H])C2([2H])[2H].[2H]c1c(OC)c(OC)c([2H])c2c1C1([2H])CC(O)C(C([2H])([2H])C(C)(C([2H])([2H])[2H])C([2H])([2H])[2H])C([2H])([2H])N1C([2H])([2H])C2([2H])[2H].[2H]c1c(OC)c(OC)c([2H])c2c1C1([2H])CC(O)C(CC(C)C)C([2H])([2H])N1C([2H])([2H])C2([2H])[2H]. The van der Waals surface area contributed by atoms with Crippen LogP contribution in [0.5, 0.6) is 57.5 Å². The molecule has 5 saturated heterocycles. The zero-order chi connectivity index (χ0) is 151. The maximum absolute atomic E-state index is 11.3. The lowest BCUT2D eigenvalue weighted by Crippen LogP contribution is -2.48. The summed E-state index contributed by atoms with van der Waals surface area (Å²) in [6.07, 6.45) is -41.8. The lowest BCUT2D eigenvalue weighted by atomic mass is 9.75. The normalized spacial score (nSPS) is 47.5. The number of piperidine rings is 5. The molecule has 15 unspecified atom stereocenters. The monoisotopic (exact) mass is 1710 g/mol. The topological polar surface area (TPSA) is 210 Å². The van der Waals surface area contributed by atoms with Gasteiger partial charge >= 0.3 is 0 Å². The minimum absolute atomic E-state index is 0.0343. The highest BCUT2D eigenvalue weighted by Crippen LogP contribution is 2.51. The lowest BCUT2D eigenvalue weighted by Gasteiger charge is -2.47. The summed E-state index contributed by atoms with van der Waals surface area (Å²) in [5, 5.41) is 55.7. The largest absolute Gasteiger partial charge is 0.493 e. The average molecular weight is 1710 g/mol. The number of methoxy groups -OCH3 is 10. The number of nitrogens with zero attached hydrogens (tertiary/aromatic N) is 5. The Bertz CT molecular complexity index is 7520. The van der Waals surface area contributed by atoms with Crippen molar-refractivity contribution in [2.75, 3.05) is 136 Å². The van der Waals surface area contributed by atoms with Gasteiger partial charge in [0.2, 0.25) is 0 Å². The molecule has 0 radical (unpaired) electrons. The molecule has 15 atom stereocenters. The third-order valence-electron chi connectivity index (χ3n) is 19.0. The van der Waals surface area contributed by atoms with Crippen LogP contribution in [0, 0.1) is 57.7 Å². The number of rotatable bonds is 17. The van der Waals surface area contributed by atoms with Crippen LogP contribution in [0.15, 0.2) is 60.4 Å². The third kappa shape index (κ3) is 22.2. The fraction of sp³-hybridized carbons (Fsp3) is 0.694. The van der Waals surface area contributed by atoms with E-state index in [1.807, 2.05) is 13.8 Å². The molecular weight excluding hydrogens is 1490 g/mol. The standard InChI is InChI=1S/3C20H31NO3.2C19H29NO3/c3*1-20(2,3)11-14-12-21-7-6-13-8-18(23-4)19(24-5)9-15(13)16(21)10-17(14)22;2*1-12(2)7-14-11-20-6-5-13-8-18(22-3)19(23-4)9-15(13)16(20)10-17(14)21/h3*8-9,14,16-17,22H,6-7,10-12H2,1-5H3;2*8-9,12,14,16-17,21H,5-7,10-11H2,1-4H3/i1D3,2D3,5D3,6D2,7D2,8D,9D,11D2,12D2,16D;2*1D3,2D3,6D2,7D2,8D,9D,11D2,12D2,16D;4D3,5D2,6D2,8D,9D,11D2,16D;5D2,6D2,8D,9D,11D2,16D. The van der Waals surface area contributed by atoms with Crippen molar-refractivity contribution in [3.63, 3.8) is 0 Å². The van der Waals surface area contributed by atoms with E-state index in [2.05, 4.69) is 0 Å². The molecule has 5 fully saturated rings. The van der Waals surface area contributed by atoms with Gasteiger partial charge in [-0.2, -0.15) is 0 Å². The molecule has 10 heterocycles. The number of benzene rings is 5. The smallest absolute Gasteiger partial charge is 0.161 e. The van der Waals surface area contributed by atoms with Crippen molar-refractivity contribution in [1.82, 2.24) is 24.5 Å². The summed E-state index contributed by atoms with van der Waals surface area (Å²) in [6, 6.07) is -22.0. The van der Waals surface area contributed by atoms with E-state index in [9.17, 15) is 32.4 Å². The predicted molar refractivity (Wildman–Crippen MR) is 470 cm³/mol. The Morgan fingerprint density at radius 3 is 0.712 bits per heavy atom. The molecule has 658 valence electrons. The van der Waals surface area contributed by atoms with Crippen LogP contribution in [0.3, 0.4) is 0 Å². The first-order chi connectivity index (χ1) is 85.6. The van der Waals surface area contributed by atoms with E-state index in [4.69, 9.17) is 143 Å². The molecule has 0 aromatic heterocycles. The molecule has 118 heavy (non-hydrogen) atoms. The highest BCUT2D eigenvalue weighted by molar-refractivity contribution is 5.54. The van der Waals surface area contributed by atoms with Gasteiger partial charge in [0, 0.05) is 169 Å². The average Bonchev–Trinajstić information content (AvgIpc) is 0.653. The van der Waals surface area contributed by atoms with Gasteiger partial charge < -0.3 is 72.9 Å². The van der Waals surface area contributed by atoms with E-state index >= 15 is 0 Å². The fourth-order valence-electron chi connectivity index (χ4n) is 13.7. The number of ether oxygens (including phenoxy) is 10. The number of fused-ring (bicyclic) bond motifs is 15. The van der Waals surface area contributed by atoms with Gasteiger partial charge in [-0.3, -0.25) is 24.5 Å². The molecule has 5 N–H and O–H groups in total. The summed E-state index contributed by atoms with van der Waals surface area (Å²) in [6.45, 7) is -46.7. The zero-order valence-corrected chi connectivity index (χ0v) is 67.4. The predicted octanol–water partition coefficient (Wildman–Crippen LogP) is 16.3. The molecule has 5 aromatic rings. The molecule has 0 saturated carbocycles. The summed E-state index contributed by atoms with van der Waals surface area (Å²) in [4.78, 5) is 0.671. The number of aliphatic hydroxyl groups is 5. The third-order valence-corrected chi connectivity index (χ3v) is 19.0. The van der Waals surface area contributed by atoms with Gasteiger partial charge in [-0.05, 0) is 270 Å². The molecular formula is C98H151N5O15. The minimum Gasteiger partial charge on any atom is -0.493 e. The Morgan fingerprint density at radius 2 is 0.525 bits per heavy atom. The molecule has 15 rings (SSSR count). The molecule has 20 nitrogen and oxygen atoms in total. The highest BCUT2D eigenvalue weighted by Gasteiger charge is 2.46. The fourth-order valence-corrected chi connectivity index (χ4v) is 13.7. The van der Waals surface area contributed by atoms with Crippen LogP contribution in [0.25, 0.3) is 0 Å². The van der Waals surface area contributed by atoms with Gasteiger partial charge in [0.25, 0.3) is 0 Å². The minimum atomic E-state index is -3.78. The molecule has 5 aromatic carbocycles. The van der Waals surface area contributed by atoms with Crippen molar-refractivity contribution in [3.8, 4) is 57.5 Å². The summed E-state index contributed by atoms with van der Waals surface area (Å²) >= 11 is 0. The van der Waals surface area contributed by atoms with Gasteiger partial charge in [-0.15, -0.1) is 0 Å². The molecule has 0 aliphatic carbocycles. The summed E-state index contributed by atoms with van der Waals surface area (Å²) in [7, 11) is 2.32. The first kappa shape index (κ1) is 35.4. The zero-order valence-electron chi connectivity index (χ0n) is 142. The first-order valence-electron chi connectivity index (χ1n) is 74.6.